The van der Waals surface area contributed by atoms with Gasteiger partial charge in [0.25, 0.3) is 0 Å². The normalized spacial score (nSPS) is 11.5. The monoisotopic (exact) mass is 264 g/mol. The molecule has 0 amide bonds. The second-order valence-electron chi connectivity index (χ2n) is 4.77. The van der Waals surface area contributed by atoms with Crippen LogP contribution in [0.2, 0.25) is 0 Å². The molecule has 98 valence electrons. The fourth-order valence-corrected chi connectivity index (χ4v) is 2.41. The summed E-state index contributed by atoms with van der Waals surface area (Å²) >= 11 is 0. The summed E-state index contributed by atoms with van der Waals surface area (Å²) in [6.45, 7) is 1.96. The Bertz CT molecular complexity index is 933. The molecule has 0 aliphatic rings. The van der Waals surface area contributed by atoms with Crippen LogP contribution in [-0.2, 0) is 7.05 Å². The van der Waals surface area contributed by atoms with Crippen LogP contribution >= 0.6 is 0 Å². The topological polar surface area (TPSA) is 60.9 Å². The third kappa shape index (κ3) is 1.51. The van der Waals surface area contributed by atoms with E-state index in [-0.39, 0.29) is 0 Å². The van der Waals surface area contributed by atoms with Crippen molar-refractivity contribution in [2.45, 2.75) is 6.92 Å². The van der Waals surface area contributed by atoms with Crippen molar-refractivity contribution in [3.63, 3.8) is 0 Å². The number of aryl methyl sites for hydroxylation is 2. The maximum atomic E-state index is 4.64. The van der Waals surface area contributed by atoms with Gasteiger partial charge in [-0.05, 0) is 19.1 Å². The summed E-state index contributed by atoms with van der Waals surface area (Å²) < 4.78 is 3.48. The molecule has 0 bridgehead atoms. The molecule has 0 saturated carbocycles. The zero-order valence-corrected chi connectivity index (χ0v) is 11.1. The number of para-hydroxylation sites is 1. The molecule has 0 radical (unpaired) electrons. The molecule has 0 atom stereocenters. The van der Waals surface area contributed by atoms with Gasteiger partial charge in [-0.25, -0.2) is 14.5 Å². The summed E-state index contributed by atoms with van der Waals surface area (Å²) in [6.07, 6.45) is 3.62. The lowest BCUT2D eigenvalue weighted by molar-refractivity contribution is 0.756. The predicted molar refractivity (Wildman–Crippen MR) is 75.2 cm³/mol. The van der Waals surface area contributed by atoms with Crippen molar-refractivity contribution < 1.29 is 0 Å². The number of aromatic nitrogens is 6. The number of rotatable bonds is 1. The van der Waals surface area contributed by atoms with Gasteiger partial charge in [-0.1, -0.05) is 12.1 Å². The molecule has 0 fully saturated rings. The minimum absolute atomic E-state index is 0.675. The zero-order chi connectivity index (χ0) is 13.7. The summed E-state index contributed by atoms with van der Waals surface area (Å²) in [5.41, 5.74) is 3.59. The molecular formula is C14H12N6. The predicted octanol–water partition coefficient (Wildman–Crippen LogP) is 1.99. The quantitative estimate of drug-likeness (QED) is 0.527. The maximum Gasteiger partial charge on any atom is 0.185 e. The van der Waals surface area contributed by atoms with Gasteiger partial charge in [0.2, 0.25) is 0 Å². The molecule has 3 heterocycles. The molecule has 1 aromatic carbocycles. The van der Waals surface area contributed by atoms with Crippen molar-refractivity contribution >= 4 is 16.6 Å². The van der Waals surface area contributed by atoms with E-state index in [0.29, 0.717) is 5.82 Å². The molecular weight excluding hydrogens is 252 g/mol. The number of hydrogen-bond donors (Lipinski definition) is 0. The number of fused-ring (bicyclic) bond motifs is 3. The molecule has 4 aromatic rings. The van der Waals surface area contributed by atoms with Crippen molar-refractivity contribution in [3.05, 3.63) is 42.5 Å². The Kier molecular flexibility index (Phi) is 2.14. The van der Waals surface area contributed by atoms with Gasteiger partial charge in [-0.2, -0.15) is 5.10 Å². The molecule has 6 nitrogen and oxygen atoms in total. The fraction of sp³-hybridized carbons (Fsp3) is 0.143. The first kappa shape index (κ1) is 11.1. The molecule has 0 aliphatic carbocycles. The minimum Gasteiger partial charge on any atom is -0.275 e. The van der Waals surface area contributed by atoms with Gasteiger partial charge in [0, 0.05) is 18.6 Å². The molecule has 4 rings (SSSR count). The van der Waals surface area contributed by atoms with Crippen LogP contribution in [0.15, 0.2) is 36.8 Å². The Balaban J connectivity index is 2.03. The highest BCUT2D eigenvalue weighted by molar-refractivity contribution is 5.91. The van der Waals surface area contributed by atoms with Crippen LogP contribution in [0, 0.1) is 6.92 Å². The lowest BCUT2D eigenvalue weighted by Gasteiger charge is -1.96. The SMILES string of the molecule is Cc1nn(C)cc1-c1nc2c3ccccc3ncn2n1. The maximum absolute atomic E-state index is 4.64. The standard InChI is InChI=1S/C14H12N6/c1-9-11(7-19(2)17-9)13-16-14-10-5-3-4-6-12(10)15-8-20(14)18-13/h3-8H,1-2H3. The van der Waals surface area contributed by atoms with Crippen LogP contribution in [0.3, 0.4) is 0 Å². The minimum atomic E-state index is 0.675. The van der Waals surface area contributed by atoms with Crippen molar-refractivity contribution in [2.75, 3.05) is 0 Å². The Morgan fingerprint density at radius 3 is 2.75 bits per heavy atom. The first-order chi connectivity index (χ1) is 9.72. The second kappa shape index (κ2) is 3.86. The van der Waals surface area contributed by atoms with Gasteiger partial charge < -0.3 is 0 Å². The van der Waals surface area contributed by atoms with E-state index in [1.165, 1.54) is 0 Å². The van der Waals surface area contributed by atoms with Crippen molar-refractivity contribution in [1.82, 2.24) is 29.4 Å². The van der Waals surface area contributed by atoms with E-state index in [1.54, 1.807) is 15.5 Å². The van der Waals surface area contributed by atoms with E-state index in [1.807, 2.05) is 44.4 Å². The van der Waals surface area contributed by atoms with E-state index in [9.17, 15) is 0 Å². The number of benzene rings is 1. The summed E-state index contributed by atoms with van der Waals surface area (Å²) in [6, 6.07) is 7.92. The second-order valence-corrected chi connectivity index (χ2v) is 4.77. The molecule has 0 unspecified atom stereocenters. The van der Waals surface area contributed by atoms with Crippen LogP contribution < -0.4 is 0 Å². The van der Waals surface area contributed by atoms with Gasteiger partial charge in [-0.3, -0.25) is 4.68 Å². The van der Waals surface area contributed by atoms with E-state index in [0.717, 1.165) is 27.8 Å². The molecule has 20 heavy (non-hydrogen) atoms. The van der Waals surface area contributed by atoms with Crippen molar-refractivity contribution in [1.29, 1.82) is 0 Å². The van der Waals surface area contributed by atoms with Crippen LogP contribution in [-0.4, -0.2) is 29.4 Å². The van der Waals surface area contributed by atoms with Gasteiger partial charge in [-0.15, -0.1) is 5.10 Å². The van der Waals surface area contributed by atoms with Gasteiger partial charge in [0.05, 0.1) is 16.8 Å². The third-order valence-corrected chi connectivity index (χ3v) is 3.34. The van der Waals surface area contributed by atoms with Crippen LogP contribution in [0.5, 0.6) is 0 Å². The summed E-state index contributed by atoms with van der Waals surface area (Å²) in [5.74, 6) is 0.675. The van der Waals surface area contributed by atoms with Gasteiger partial charge in [0.1, 0.15) is 6.33 Å². The molecule has 0 aliphatic heterocycles. The molecule has 0 N–H and O–H groups in total. The average molecular weight is 264 g/mol. The van der Waals surface area contributed by atoms with E-state index >= 15 is 0 Å². The fourth-order valence-electron chi connectivity index (χ4n) is 2.41. The lowest BCUT2D eigenvalue weighted by atomic mass is 10.2. The summed E-state index contributed by atoms with van der Waals surface area (Å²) in [7, 11) is 1.89. The first-order valence-corrected chi connectivity index (χ1v) is 6.33. The van der Waals surface area contributed by atoms with Crippen LogP contribution in [0.25, 0.3) is 27.9 Å². The summed E-state index contributed by atoms with van der Waals surface area (Å²) in [5, 5.41) is 9.82. The molecule has 6 heteroatoms. The highest BCUT2D eigenvalue weighted by Crippen LogP contribution is 2.22. The Hall–Kier alpha value is -2.76. The molecule has 0 saturated heterocycles. The largest absolute Gasteiger partial charge is 0.275 e. The number of nitrogens with zero attached hydrogens (tertiary/aromatic N) is 6. The molecule has 0 spiro atoms. The third-order valence-electron chi connectivity index (χ3n) is 3.34. The van der Waals surface area contributed by atoms with E-state index < -0.39 is 0 Å². The van der Waals surface area contributed by atoms with Crippen molar-refractivity contribution in [3.8, 4) is 11.4 Å². The van der Waals surface area contributed by atoms with Crippen molar-refractivity contribution in [2.24, 2.45) is 7.05 Å². The lowest BCUT2D eigenvalue weighted by Crippen LogP contribution is -1.90. The van der Waals surface area contributed by atoms with Crippen LogP contribution in [0.1, 0.15) is 5.69 Å². The molecule has 3 aromatic heterocycles. The zero-order valence-electron chi connectivity index (χ0n) is 11.1. The van der Waals surface area contributed by atoms with Gasteiger partial charge >= 0.3 is 0 Å². The number of hydrogen-bond acceptors (Lipinski definition) is 4. The average Bonchev–Trinajstić information content (AvgIpc) is 3.01. The first-order valence-electron chi connectivity index (χ1n) is 6.33. The highest BCUT2D eigenvalue weighted by Gasteiger charge is 2.13. The Labute approximate surface area is 114 Å². The summed E-state index contributed by atoms with van der Waals surface area (Å²) in [4.78, 5) is 9.03. The Morgan fingerprint density at radius 2 is 1.95 bits per heavy atom. The van der Waals surface area contributed by atoms with Gasteiger partial charge in [0.15, 0.2) is 11.5 Å². The Morgan fingerprint density at radius 1 is 1.10 bits per heavy atom. The van der Waals surface area contributed by atoms with Crippen LogP contribution in [0.4, 0.5) is 0 Å². The van der Waals surface area contributed by atoms with E-state index in [4.69, 9.17) is 0 Å². The van der Waals surface area contributed by atoms with E-state index in [2.05, 4.69) is 20.2 Å². The smallest absolute Gasteiger partial charge is 0.185 e. The highest BCUT2D eigenvalue weighted by atomic mass is 15.3.